The Morgan fingerprint density at radius 3 is 1.93 bits per heavy atom. The minimum absolute atomic E-state index is 0.198. The molecule has 0 saturated carbocycles. The van der Waals surface area contributed by atoms with E-state index in [1.165, 1.54) is 46.5 Å². The number of aromatic hydroxyl groups is 1. The molecule has 1 unspecified atom stereocenters. The zero-order valence-corrected chi connectivity index (χ0v) is 31.2. The van der Waals surface area contributed by atoms with Crippen LogP contribution in [0.3, 0.4) is 0 Å². The lowest BCUT2D eigenvalue weighted by Crippen LogP contribution is -2.52. The van der Waals surface area contributed by atoms with Gasteiger partial charge >= 0.3 is 0 Å². The van der Waals surface area contributed by atoms with Gasteiger partial charge < -0.3 is 20.2 Å². The third-order valence-electron chi connectivity index (χ3n) is 11.2. The number of benzene rings is 4. The van der Waals surface area contributed by atoms with Gasteiger partial charge in [-0.1, -0.05) is 73.7 Å². The molecule has 3 saturated heterocycles. The third-order valence-corrected chi connectivity index (χ3v) is 11.2. The lowest BCUT2D eigenvalue weighted by atomic mass is 9.88. The smallest absolute Gasteiger partial charge is 0.249 e. The lowest BCUT2D eigenvalue weighted by molar-refractivity contribution is -0.137. The average molecular weight is 726 g/mol. The number of amides is 3. The Balaban J connectivity index is 0.885. The Morgan fingerprint density at radius 1 is 0.722 bits per heavy atom. The van der Waals surface area contributed by atoms with Gasteiger partial charge in [0.25, 0.3) is 0 Å². The van der Waals surface area contributed by atoms with Gasteiger partial charge in [-0.25, -0.2) is 0 Å². The standard InChI is InChI=1S/C45H51N5O4/c1-2-40(34-6-4-3-5-7-34)44(36-12-18-39(51)19-13-36)35-10-16-38(17-11-35)49-24-22-33(23-25-49)31-48-26-28-50(29-27-48)37-14-8-32(9-15-37)30-43(53)46-41-20-21-42(52)47-45(41)54/h3-19,33,41,51H,2,20-31H2,1H3,(H,46,53)(H,47,52,54)/b44-40+. The monoisotopic (exact) mass is 725 g/mol. The summed E-state index contributed by atoms with van der Waals surface area (Å²) in [7, 11) is 0. The summed E-state index contributed by atoms with van der Waals surface area (Å²) < 4.78 is 0. The normalized spacial score (nSPS) is 18.9. The van der Waals surface area contributed by atoms with Gasteiger partial charge in [0.1, 0.15) is 11.8 Å². The molecule has 1 atom stereocenters. The van der Waals surface area contributed by atoms with E-state index in [1.54, 1.807) is 12.1 Å². The summed E-state index contributed by atoms with van der Waals surface area (Å²) in [5.41, 5.74) is 9.34. The maximum absolute atomic E-state index is 12.5. The molecule has 0 bridgehead atoms. The fourth-order valence-corrected chi connectivity index (χ4v) is 8.16. The van der Waals surface area contributed by atoms with Gasteiger partial charge in [-0.05, 0) is 101 Å². The van der Waals surface area contributed by atoms with Crippen LogP contribution in [0.15, 0.2) is 103 Å². The number of allylic oxidation sites excluding steroid dienone is 1. The second-order valence-corrected chi connectivity index (χ2v) is 14.8. The molecule has 3 aliphatic rings. The van der Waals surface area contributed by atoms with Crippen LogP contribution in [0.1, 0.15) is 61.3 Å². The minimum atomic E-state index is -0.647. The number of carbonyl (C=O) groups is 3. The maximum Gasteiger partial charge on any atom is 0.249 e. The van der Waals surface area contributed by atoms with E-state index in [4.69, 9.17) is 0 Å². The Morgan fingerprint density at radius 2 is 1.31 bits per heavy atom. The zero-order valence-electron chi connectivity index (χ0n) is 31.2. The van der Waals surface area contributed by atoms with E-state index in [2.05, 4.69) is 99.0 Å². The predicted molar refractivity (Wildman–Crippen MR) is 215 cm³/mol. The second kappa shape index (κ2) is 17.2. The summed E-state index contributed by atoms with van der Waals surface area (Å²) >= 11 is 0. The van der Waals surface area contributed by atoms with Gasteiger partial charge in [-0.3, -0.25) is 24.6 Å². The SMILES string of the molecule is CC/C(=C(\c1ccc(O)cc1)c1ccc(N2CCC(CN3CCN(c4ccc(CC(=O)NC5CCC(=O)NC5=O)cc4)CC3)CC2)cc1)c1ccccc1. The highest BCUT2D eigenvalue weighted by Gasteiger charge is 2.28. The van der Waals surface area contributed by atoms with E-state index in [0.717, 1.165) is 63.4 Å². The molecule has 3 heterocycles. The molecular weight excluding hydrogens is 675 g/mol. The average Bonchev–Trinajstić information content (AvgIpc) is 3.20. The maximum atomic E-state index is 12.5. The highest BCUT2D eigenvalue weighted by molar-refractivity contribution is 6.02. The number of carbonyl (C=O) groups excluding carboxylic acids is 3. The first-order valence-corrected chi connectivity index (χ1v) is 19.5. The second-order valence-electron chi connectivity index (χ2n) is 14.8. The molecule has 0 aromatic heterocycles. The van der Waals surface area contributed by atoms with Gasteiger partial charge in [-0.2, -0.15) is 0 Å². The highest BCUT2D eigenvalue weighted by Crippen LogP contribution is 2.36. The molecule has 4 aromatic rings. The Hall–Kier alpha value is -5.41. The zero-order chi connectivity index (χ0) is 37.4. The molecule has 280 valence electrons. The minimum Gasteiger partial charge on any atom is -0.508 e. The van der Waals surface area contributed by atoms with E-state index < -0.39 is 11.9 Å². The molecule has 0 spiro atoms. The quantitative estimate of drug-likeness (QED) is 0.124. The van der Waals surface area contributed by atoms with Gasteiger partial charge in [-0.15, -0.1) is 0 Å². The molecule has 0 radical (unpaired) electrons. The molecule has 54 heavy (non-hydrogen) atoms. The Kier molecular flexibility index (Phi) is 11.7. The first-order valence-electron chi connectivity index (χ1n) is 19.5. The number of anilines is 2. The van der Waals surface area contributed by atoms with Crippen molar-refractivity contribution < 1.29 is 19.5 Å². The lowest BCUT2D eigenvalue weighted by Gasteiger charge is -2.40. The molecule has 4 aromatic carbocycles. The van der Waals surface area contributed by atoms with Crippen molar-refractivity contribution in [1.82, 2.24) is 15.5 Å². The van der Waals surface area contributed by atoms with E-state index in [-0.39, 0.29) is 30.4 Å². The molecular formula is C45H51N5O4. The van der Waals surface area contributed by atoms with Crippen molar-refractivity contribution in [2.45, 2.75) is 51.5 Å². The molecule has 9 nitrogen and oxygen atoms in total. The number of phenols is 1. The number of rotatable bonds is 11. The number of piperidine rings is 2. The number of phenolic OH excluding ortho intramolecular Hbond substituents is 1. The van der Waals surface area contributed by atoms with Crippen LogP contribution in [0.2, 0.25) is 0 Å². The highest BCUT2D eigenvalue weighted by atomic mass is 16.3. The predicted octanol–water partition coefficient (Wildman–Crippen LogP) is 6.26. The Labute approximate surface area is 318 Å². The summed E-state index contributed by atoms with van der Waals surface area (Å²) in [6, 6.07) is 34.7. The largest absolute Gasteiger partial charge is 0.508 e. The summed E-state index contributed by atoms with van der Waals surface area (Å²) in [5.74, 6) is 0.0340. The van der Waals surface area contributed by atoms with Crippen molar-refractivity contribution >= 4 is 40.2 Å². The fourth-order valence-electron chi connectivity index (χ4n) is 8.16. The Bertz CT molecular complexity index is 1930. The van der Waals surface area contributed by atoms with Gasteiger partial charge in [0.2, 0.25) is 17.7 Å². The summed E-state index contributed by atoms with van der Waals surface area (Å²) in [6.07, 6.45) is 4.06. The number of imide groups is 1. The van der Waals surface area contributed by atoms with E-state index in [0.29, 0.717) is 12.3 Å². The van der Waals surface area contributed by atoms with Crippen LogP contribution in [0, 0.1) is 5.92 Å². The number of nitrogens with one attached hydrogen (secondary N) is 2. The number of nitrogens with zero attached hydrogens (tertiary/aromatic N) is 3. The van der Waals surface area contributed by atoms with Crippen LogP contribution in [-0.2, 0) is 20.8 Å². The van der Waals surface area contributed by atoms with Crippen LogP contribution in [0.4, 0.5) is 11.4 Å². The van der Waals surface area contributed by atoms with Crippen LogP contribution in [0.5, 0.6) is 5.75 Å². The van der Waals surface area contributed by atoms with Crippen LogP contribution in [-0.4, -0.2) is 79.6 Å². The molecule has 7 rings (SSSR count). The van der Waals surface area contributed by atoms with Crippen LogP contribution < -0.4 is 20.4 Å². The fraction of sp³-hybridized carbons (Fsp3) is 0.356. The van der Waals surface area contributed by atoms with Crippen LogP contribution in [0.25, 0.3) is 11.1 Å². The van der Waals surface area contributed by atoms with Gasteiger partial charge in [0, 0.05) is 63.6 Å². The topological polar surface area (TPSA) is 105 Å². The van der Waals surface area contributed by atoms with Crippen LogP contribution >= 0.6 is 0 Å². The summed E-state index contributed by atoms with van der Waals surface area (Å²) in [4.78, 5) is 43.5. The first kappa shape index (κ1) is 36.9. The molecule has 3 fully saturated rings. The van der Waals surface area contributed by atoms with Gasteiger partial charge in [0.05, 0.1) is 6.42 Å². The third kappa shape index (κ3) is 9.02. The van der Waals surface area contributed by atoms with E-state index >= 15 is 0 Å². The molecule has 0 aliphatic carbocycles. The van der Waals surface area contributed by atoms with Gasteiger partial charge in [0.15, 0.2) is 0 Å². The van der Waals surface area contributed by atoms with Crippen molar-refractivity contribution in [2.75, 3.05) is 55.6 Å². The summed E-state index contributed by atoms with van der Waals surface area (Å²) in [6.45, 7) is 9.51. The van der Waals surface area contributed by atoms with Crippen molar-refractivity contribution in [3.05, 3.63) is 125 Å². The molecule has 3 amide bonds. The van der Waals surface area contributed by atoms with Crippen molar-refractivity contribution in [2.24, 2.45) is 5.92 Å². The number of hydrogen-bond acceptors (Lipinski definition) is 7. The molecule has 3 aliphatic heterocycles. The first-order chi connectivity index (χ1) is 26.3. The molecule has 3 N–H and O–H groups in total. The van der Waals surface area contributed by atoms with Crippen molar-refractivity contribution in [3.8, 4) is 5.75 Å². The van der Waals surface area contributed by atoms with Crippen molar-refractivity contribution in [1.29, 1.82) is 0 Å². The van der Waals surface area contributed by atoms with E-state index in [1.807, 2.05) is 24.3 Å². The number of hydrogen-bond donors (Lipinski definition) is 3. The molecule has 9 heteroatoms. The van der Waals surface area contributed by atoms with E-state index in [9.17, 15) is 19.5 Å². The summed E-state index contributed by atoms with van der Waals surface area (Å²) in [5, 5.41) is 15.0. The van der Waals surface area contributed by atoms with Crippen molar-refractivity contribution in [3.63, 3.8) is 0 Å². The number of piperazine rings is 1.